The smallest absolute Gasteiger partial charge is 0.335 e. The molecule has 1 rings (SSSR count). The fraction of sp³-hybridized carbons (Fsp3) is 0.462. The minimum Gasteiger partial charge on any atom is -0.478 e. The van der Waals surface area contributed by atoms with E-state index >= 15 is 0 Å². The van der Waals surface area contributed by atoms with E-state index in [0.717, 1.165) is 19.0 Å². The molecule has 100 valence electrons. The lowest BCUT2D eigenvalue weighted by Crippen LogP contribution is -2.20. The SMILES string of the molecule is COCCCN(C)Cc1cc(F)cc(C(=O)O)c1. The molecule has 5 heteroatoms. The van der Waals surface area contributed by atoms with Crippen LogP contribution in [0.25, 0.3) is 0 Å². The van der Waals surface area contributed by atoms with E-state index in [1.165, 1.54) is 12.1 Å². The van der Waals surface area contributed by atoms with E-state index in [9.17, 15) is 9.18 Å². The van der Waals surface area contributed by atoms with Crippen LogP contribution in [0.3, 0.4) is 0 Å². The van der Waals surface area contributed by atoms with Crippen LogP contribution in [-0.4, -0.2) is 43.3 Å². The zero-order valence-electron chi connectivity index (χ0n) is 10.6. The molecule has 18 heavy (non-hydrogen) atoms. The van der Waals surface area contributed by atoms with E-state index in [1.807, 2.05) is 11.9 Å². The summed E-state index contributed by atoms with van der Waals surface area (Å²) in [5, 5.41) is 8.84. The van der Waals surface area contributed by atoms with Gasteiger partial charge in [-0.3, -0.25) is 0 Å². The van der Waals surface area contributed by atoms with Gasteiger partial charge in [0.15, 0.2) is 0 Å². The fourth-order valence-corrected chi connectivity index (χ4v) is 1.73. The van der Waals surface area contributed by atoms with Crippen molar-refractivity contribution in [2.75, 3.05) is 27.3 Å². The summed E-state index contributed by atoms with van der Waals surface area (Å²) in [5.41, 5.74) is 0.641. The van der Waals surface area contributed by atoms with Gasteiger partial charge in [0.25, 0.3) is 0 Å². The molecular weight excluding hydrogens is 237 g/mol. The highest BCUT2D eigenvalue weighted by Crippen LogP contribution is 2.11. The van der Waals surface area contributed by atoms with Crippen molar-refractivity contribution in [1.82, 2.24) is 4.90 Å². The molecule has 0 aromatic heterocycles. The largest absolute Gasteiger partial charge is 0.478 e. The van der Waals surface area contributed by atoms with Crippen LogP contribution in [0.1, 0.15) is 22.3 Å². The van der Waals surface area contributed by atoms with Crippen LogP contribution in [-0.2, 0) is 11.3 Å². The van der Waals surface area contributed by atoms with Gasteiger partial charge >= 0.3 is 5.97 Å². The summed E-state index contributed by atoms with van der Waals surface area (Å²) in [7, 11) is 3.55. The number of carbonyl (C=O) groups is 1. The number of hydrogen-bond acceptors (Lipinski definition) is 3. The van der Waals surface area contributed by atoms with Crippen molar-refractivity contribution in [2.24, 2.45) is 0 Å². The number of carboxylic acid groups (broad SMARTS) is 1. The minimum absolute atomic E-state index is 0.0182. The van der Waals surface area contributed by atoms with Gasteiger partial charge in [-0.1, -0.05) is 0 Å². The first kappa shape index (κ1) is 14.6. The van der Waals surface area contributed by atoms with Gasteiger partial charge in [0.1, 0.15) is 5.82 Å². The number of carboxylic acids is 1. The van der Waals surface area contributed by atoms with Crippen LogP contribution in [0.2, 0.25) is 0 Å². The van der Waals surface area contributed by atoms with Gasteiger partial charge in [0.2, 0.25) is 0 Å². The Balaban J connectivity index is 2.63. The molecule has 0 bridgehead atoms. The summed E-state index contributed by atoms with van der Waals surface area (Å²) < 4.78 is 18.2. The first-order valence-corrected chi connectivity index (χ1v) is 5.73. The molecule has 0 fully saturated rings. The number of rotatable bonds is 7. The molecule has 0 atom stereocenters. The van der Waals surface area contributed by atoms with Crippen LogP contribution < -0.4 is 0 Å². The molecule has 1 N–H and O–H groups in total. The monoisotopic (exact) mass is 255 g/mol. The summed E-state index contributed by atoms with van der Waals surface area (Å²) in [6.45, 7) is 2.00. The molecule has 0 aliphatic carbocycles. The number of ether oxygens (including phenoxy) is 1. The van der Waals surface area contributed by atoms with Crippen LogP contribution >= 0.6 is 0 Å². The maximum absolute atomic E-state index is 13.2. The Bertz CT molecular complexity index is 409. The van der Waals surface area contributed by atoms with Gasteiger partial charge in [0, 0.05) is 26.8 Å². The molecule has 0 saturated heterocycles. The summed E-state index contributed by atoms with van der Waals surface area (Å²) in [4.78, 5) is 12.8. The molecular formula is C13H18FNO3. The third-order valence-corrected chi connectivity index (χ3v) is 2.55. The molecule has 1 aromatic rings. The highest BCUT2D eigenvalue weighted by Gasteiger charge is 2.08. The third-order valence-electron chi connectivity index (χ3n) is 2.55. The van der Waals surface area contributed by atoms with Gasteiger partial charge in [0.05, 0.1) is 5.56 Å². The molecule has 0 saturated carbocycles. The van der Waals surface area contributed by atoms with Gasteiger partial charge in [-0.2, -0.15) is 0 Å². The number of nitrogens with zero attached hydrogens (tertiary/aromatic N) is 1. The second-order valence-corrected chi connectivity index (χ2v) is 4.24. The summed E-state index contributed by atoms with van der Waals surface area (Å²) in [6.07, 6.45) is 0.883. The molecule has 0 spiro atoms. The molecule has 0 heterocycles. The molecule has 0 radical (unpaired) electrons. The first-order chi connectivity index (χ1) is 8.52. The third kappa shape index (κ3) is 4.81. The van der Waals surface area contributed by atoms with Gasteiger partial charge in [-0.05, 0) is 37.2 Å². The van der Waals surface area contributed by atoms with E-state index in [-0.39, 0.29) is 5.56 Å². The Morgan fingerprint density at radius 2 is 2.17 bits per heavy atom. The zero-order valence-corrected chi connectivity index (χ0v) is 10.6. The van der Waals surface area contributed by atoms with E-state index in [4.69, 9.17) is 9.84 Å². The molecule has 1 aromatic carbocycles. The average molecular weight is 255 g/mol. The second-order valence-electron chi connectivity index (χ2n) is 4.24. The van der Waals surface area contributed by atoms with Crippen molar-refractivity contribution in [3.05, 3.63) is 35.1 Å². The van der Waals surface area contributed by atoms with Crippen molar-refractivity contribution in [1.29, 1.82) is 0 Å². The summed E-state index contributed by atoms with van der Waals surface area (Å²) in [5.74, 6) is -1.63. The number of hydrogen-bond donors (Lipinski definition) is 1. The van der Waals surface area contributed by atoms with E-state index in [0.29, 0.717) is 18.7 Å². The Kier molecular flexibility index (Phi) is 5.74. The maximum Gasteiger partial charge on any atom is 0.335 e. The lowest BCUT2D eigenvalue weighted by molar-refractivity contribution is 0.0696. The lowest BCUT2D eigenvalue weighted by Gasteiger charge is -2.16. The molecule has 0 unspecified atom stereocenters. The van der Waals surface area contributed by atoms with Crippen molar-refractivity contribution >= 4 is 5.97 Å². The van der Waals surface area contributed by atoms with Crippen LogP contribution in [0, 0.1) is 5.82 Å². The Morgan fingerprint density at radius 1 is 1.44 bits per heavy atom. The highest BCUT2D eigenvalue weighted by molar-refractivity contribution is 5.87. The van der Waals surface area contributed by atoms with E-state index in [1.54, 1.807) is 7.11 Å². The Hall–Kier alpha value is -1.46. The normalized spacial score (nSPS) is 10.9. The van der Waals surface area contributed by atoms with Gasteiger partial charge < -0.3 is 14.7 Å². The Morgan fingerprint density at radius 3 is 2.78 bits per heavy atom. The van der Waals surface area contributed by atoms with Crippen molar-refractivity contribution < 1.29 is 19.0 Å². The van der Waals surface area contributed by atoms with Crippen LogP contribution in [0.4, 0.5) is 4.39 Å². The van der Waals surface area contributed by atoms with E-state index < -0.39 is 11.8 Å². The molecule has 0 aliphatic heterocycles. The lowest BCUT2D eigenvalue weighted by atomic mass is 10.1. The predicted octanol–water partition coefficient (Wildman–Crippen LogP) is 1.99. The second kappa shape index (κ2) is 7.08. The molecule has 4 nitrogen and oxygen atoms in total. The number of halogens is 1. The van der Waals surface area contributed by atoms with Crippen molar-refractivity contribution in [2.45, 2.75) is 13.0 Å². The number of benzene rings is 1. The molecule has 0 aliphatic rings. The van der Waals surface area contributed by atoms with Crippen LogP contribution in [0.15, 0.2) is 18.2 Å². The standard InChI is InChI=1S/C13H18FNO3/c1-15(4-3-5-18-2)9-10-6-11(13(16)17)8-12(14)7-10/h6-8H,3-5,9H2,1-2H3,(H,16,17). The summed E-state index contributed by atoms with van der Waals surface area (Å²) in [6, 6.07) is 3.88. The van der Waals surface area contributed by atoms with Crippen molar-refractivity contribution in [3.63, 3.8) is 0 Å². The zero-order chi connectivity index (χ0) is 13.5. The minimum atomic E-state index is -1.11. The predicted molar refractivity (Wildman–Crippen MR) is 66.2 cm³/mol. The molecule has 0 amide bonds. The first-order valence-electron chi connectivity index (χ1n) is 5.73. The average Bonchev–Trinajstić information content (AvgIpc) is 2.28. The topological polar surface area (TPSA) is 49.8 Å². The van der Waals surface area contributed by atoms with Gasteiger partial charge in [-0.15, -0.1) is 0 Å². The highest BCUT2D eigenvalue weighted by atomic mass is 19.1. The fourth-order valence-electron chi connectivity index (χ4n) is 1.73. The van der Waals surface area contributed by atoms with Crippen LogP contribution in [0.5, 0.6) is 0 Å². The Labute approximate surface area is 106 Å². The van der Waals surface area contributed by atoms with E-state index in [2.05, 4.69) is 0 Å². The van der Waals surface area contributed by atoms with Crippen molar-refractivity contribution in [3.8, 4) is 0 Å². The quantitative estimate of drug-likeness (QED) is 0.757. The number of methoxy groups -OCH3 is 1. The maximum atomic E-state index is 13.2. The summed E-state index contributed by atoms with van der Waals surface area (Å²) >= 11 is 0. The number of aromatic carboxylic acids is 1. The van der Waals surface area contributed by atoms with Gasteiger partial charge in [-0.25, -0.2) is 9.18 Å².